The van der Waals surface area contributed by atoms with Crippen molar-refractivity contribution < 1.29 is 4.79 Å². The molecule has 0 amide bonds. The van der Waals surface area contributed by atoms with Crippen LogP contribution in [0.2, 0.25) is 5.15 Å². The molecule has 13 heavy (non-hydrogen) atoms. The van der Waals surface area contributed by atoms with Crippen LogP contribution < -0.4 is 11.1 Å². The average Bonchev–Trinajstić information content (AvgIpc) is 2.01. The number of nitrogens with two attached hydrogens (primary N) is 1. The predicted molar refractivity (Wildman–Crippen MR) is 51.0 cm³/mol. The van der Waals surface area contributed by atoms with Crippen LogP contribution in [0.3, 0.4) is 0 Å². The fraction of sp³-hybridized carbons (Fsp3) is 0.286. The number of nitrogen functional groups attached to an aromatic ring is 1. The Hall–Kier alpha value is -1.36. The van der Waals surface area contributed by atoms with Crippen LogP contribution in [0, 0.1) is 0 Å². The maximum atomic E-state index is 11.1. The Labute approximate surface area is 80.3 Å². The second-order valence-electron chi connectivity index (χ2n) is 2.40. The lowest BCUT2D eigenvalue weighted by Gasteiger charge is -2.06. The summed E-state index contributed by atoms with van der Waals surface area (Å²) in [6, 6.07) is 0. The van der Waals surface area contributed by atoms with Crippen LogP contribution in [-0.4, -0.2) is 22.8 Å². The van der Waals surface area contributed by atoms with Gasteiger partial charge in [-0.1, -0.05) is 11.6 Å². The first-order valence-electron chi connectivity index (χ1n) is 3.58. The number of hydrogen-bond acceptors (Lipinski definition) is 5. The molecule has 1 aromatic rings. The summed E-state index contributed by atoms with van der Waals surface area (Å²) in [4.78, 5) is 18.6. The Morgan fingerprint density at radius 2 is 2.15 bits per heavy atom. The van der Waals surface area contributed by atoms with E-state index >= 15 is 0 Å². The van der Waals surface area contributed by atoms with Gasteiger partial charge in [0.1, 0.15) is 11.0 Å². The van der Waals surface area contributed by atoms with Crippen LogP contribution >= 0.6 is 11.6 Å². The second kappa shape index (κ2) is 3.57. The van der Waals surface area contributed by atoms with E-state index < -0.39 is 0 Å². The highest BCUT2D eigenvalue weighted by molar-refractivity contribution is 6.33. The van der Waals surface area contributed by atoms with Crippen LogP contribution in [0.15, 0.2) is 0 Å². The third-order valence-electron chi connectivity index (χ3n) is 1.47. The molecule has 1 aromatic heterocycles. The van der Waals surface area contributed by atoms with Gasteiger partial charge in [-0.2, -0.15) is 4.98 Å². The highest BCUT2D eigenvalue weighted by atomic mass is 35.5. The topological polar surface area (TPSA) is 80.9 Å². The lowest BCUT2D eigenvalue weighted by molar-refractivity contribution is 0.101. The van der Waals surface area contributed by atoms with Gasteiger partial charge in [-0.15, -0.1) is 0 Å². The molecule has 0 fully saturated rings. The molecule has 0 aliphatic rings. The number of halogens is 1. The van der Waals surface area contributed by atoms with E-state index in [0.29, 0.717) is 5.82 Å². The van der Waals surface area contributed by atoms with E-state index in [-0.39, 0.29) is 22.4 Å². The van der Waals surface area contributed by atoms with Crippen molar-refractivity contribution in [1.29, 1.82) is 0 Å². The van der Waals surface area contributed by atoms with Gasteiger partial charge in [0.15, 0.2) is 5.78 Å². The number of rotatable bonds is 2. The first-order valence-corrected chi connectivity index (χ1v) is 3.95. The lowest BCUT2D eigenvalue weighted by Crippen LogP contribution is -2.08. The predicted octanol–water partition coefficient (Wildman–Crippen LogP) is 0.957. The molecule has 0 aromatic carbocycles. The largest absolute Gasteiger partial charge is 0.372 e. The van der Waals surface area contributed by atoms with Crippen LogP contribution in [-0.2, 0) is 0 Å². The van der Waals surface area contributed by atoms with Crippen LogP contribution in [0.1, 0.15) is 17.3 Å². The van der Waals surface area contributed by atoms with Gasteiger partial charge in [0.05, 0.1) is 5.56 Å². The van der Waals surface area contributed by atoms with Gasteiger partial charge in [-0.05, 0) is 6.92 Å². The Balaban J connectivity index is 3.38. The van der Waals surface area contributed by atoms with Gasteiger partial charge >= 0.3 is 0 Å². The van der Waals surface area contributed by atoms with E-state index in [4.69, 9.17) is 17.3 Å². The number of hydrogen-bond donors (Lipinski definition) is 2. The number of carbonyl (C=O) groups excluding carboxylic acids is 1. The summed E-state index contributed by atoms with van der Waals surface area (Å²) in [5, 5.41) is 2.80. The number of anilines is 2. The van der Waals surface area contributed by atoms with Gasteiger partial charge in [-0.25, -0.2) is 4.98 Å². The van der Waals surface area contributed by atoms with Gasteiger partial charge < -0.3 is 11.1 Å². The van der Waals surface area contributed by atoms with Crippen LogP contribution in [0.4, 0.5) is 11.8 Å². The molecule has 0 unspecified atom stereocenters. The van der Waals surface area contributed by atoms with E-state index in [0.717, 1.165) is 0 Å². The normalized spacial score (nSPS) is 9.77. The first-order chi connectivity index (χ1) is 6.06. The number of carbonyl (C=O) groups is 1. The van der Waals surface area contributed by atoms with Gasteiger partial charge in [-0.3, -0.25) is 4.79 Å². The summed E-state index contributed by atoms with van der Waals surface area (Å²) >= 11 is 5.72. The lowest BCUT2D eigenvalue weighted by atomic mass is 10.2. The van der Waals surface area contributed by atoms with E-state index in [1.165, 1.54) is 6.92 Å². The van der Waals surface area contributed by atoms with E-state index in [1.54, 1.807) is 7.05 Å². The van der Waals surface area contributed by atoms with Crippen molar-refractivity contribution in [3.63, 3.8) is 0 Å². The van der Waals surface area contributed by atoms with Crippen molar-refractivity contribution in [1.82, 2.24) is 9.97 Å². The Morgan fingerprint density at radius 3 is 2.62 bits per heavy atom. The second-order valence-corrected chi connectivity index (χ2v) is 2.76. The number of Topliss-reactive ketones (excluding diaryl/α,β-unsaturated/α-hetero) is 1. The zero-order valence-corrected chi connectivity index (χ0v) is 8.01. The van der Waals surface area contributed by atoms with Crippen LogP contribution in [0.25, 0.3) is 0 Å². The highest BCUT2D eigenvalue weighted by Gasteiger charge is 2.14. The highest BCUT2D eigenvalue weighted by Crippen LogP contribution is 2.21. The molecule has 0 spiro atoms. The molecule has 0 saturated carbocycles. The fourth-order valence-electron chi connectivity index (χ4n) is 0.943. The molecule has 0 aliphatic carbocycles. The number of nitrogens with one attached hydrogen (secondary N) is 1. The quantitative estimate of drug-likeness (QED) is 0.549. The molecule has 0 bridgehead atoms. The zero-order chi connectivity index (χ0) is 10.0. The SMILES string of the molecule is CNc1nc(N)nc(Cl)c1C(C)=O. The van der Waals surface area contributed by atoms with Crippen molar-refractivity contribution in [3.05, 3.63) is 10.7 Å². The third kappa shape index (κ3) is 1.86. The minimum Gasteiger partial charge on any atom is -0.372 e. The summed E-state index contributed by atoms with van der Waals surface area (Å²) in [5.74, 6) is 0.193. The first kappa shape index (κ1) is 9.73. The number of aromatic nitrogens is 2. The molecule has 1 rings (SSSR count). The standard InChI is InChI=1S/C7H9ClN4O/c1-3(13)4-5(8)11-7(9)12-6(4)10-2/h1-2H3,(H3,9,10,11,12). The van der Waals surface area contributed by atoms with Crippen molar-refractivity contribution in [2.75, 3.05) is 18.1 Å². The molecular formula is C7H9ClN4O. The molecule has 0 radical (unpaired) electrons. The van der Waals surface area contributed by atoms with Gasteiger partial charge in [0.25, 0.3) is 0 Å². The molecule has 0 aliphatic heterocycles. The van der Waals surface area contributed by atoms with E-state index in [2.05, 4.69) is 15.3 Å². The monoisotopic (exact) mass is 200 g/mol. The minimum absolute atomic E-state index is 0.0411. The summed E-state index contributed by atoms with van der Waals surface area (Å²) in [6.07, 6.45) is 0. The number of nitrogens with zero attached hydrogens (tertiary/aromatic N) is 2. The molecule has 70 valence electrons. The molecule has 6 heteroatoms. The fourth-order valence-corrected chi connectivity index (χ4v) is 1.25. The van der Waals surface area contributed by atoms with Gasteiger partial charge in [0, 0.05) is 7.05 Å². The van der Waals surface area contributed by atoms with Crippen LogP contribution in [0.5, 0.6) is 0 Å². The molecule has 3 N–H and O–H groups in total. The summed E-state index contributed by atoms with van der Waals surface area (Å²) in [7, 11) is 1.63. The summed E-state index contributed by atoms with van der Waals surface area (Å²) in [5.41, 5.74) is 5.61. The Kier molecular flexibility index (Phi) is 2.67. The van der Waals surface area contributed by atoms with Crippen molar-refractivity contribution >= 4 is 29.2 Å². The molecular weight excluding hydrogens is 192 g/mol. The van der Waals surface area contributed by atoms with E-state index in [1.807, 2.05) is 0 Å². The van der Waals surface area contributed by atoms with Gasteiger partial charge in [0.2, 0.25) is 5.95 Å². The Bertz CT molecular complexity index is 353. The molecule has 0 saturated heterocycles. The summed E-state index contributed by atoms with van der Waals surface area (Å²) in [6.45, 7) is 1.39. The molecule has 0 atom stereocenters. The number of ketones is 1. The van der Waals surface area contributed by atoms with Crippen molar-refractivity contribution in [2.45, 2.75) is 6.92 Å². The average molecular weight is 201 g/mol. The zero-order valence-electron chi connectivity index (χ0n) is 7.26. The molecule has 5 nitrogen and oxygen atoms in total. The van der Waals surface area contributed by atoms with Crippen molar-refractivity contribution in [2.24, 2.45) is 0 Å². The minimum atomic E-state index is -0.200. The smallest absolute Gasteiger partial charge is 0.223 e. The van der Waals surface area contributed by atoms with E-state index in [9.17, 15) is 4.79 Å². The summed E-state index contributed by atoms with van der Waals surface area (Å²) < 4.78 is 0. The maximum absolute atomic E-state index is 11.1. The molecule has 1 heterocycles. The van der Waals surface area contributed by atoms with Crippen molar-refractivity contribution in [3.8, 4) is 0 Å². The Morgan fingerprint density at radius 1 is 1.54 bits per heavy atom. The maximum Gasteiger partial charge on any atom is 0.223 e. The third-order valence-corrected chi connectivity index (χ3v) is 1.74.